The van der Waals surface area contributed by atoms with Gasteiger partial charge >= 0.3 is 5.97 Å². The van der Waals surface area contributed by atoms with Crippen LogP contribution >= 0.6 is 0 Å². The number of hydrogen-bond acceptors (Lipinski definition) is 2. The van der Waals surface area contributed by atoms with Crippen LogP contribution in [0.25, 0.3) is 0 Å². The van der Waals surface area contributed by atoms with Crippen LogP contribution in [0.5, 0.6) is 0 Å². The quantitative estimate of drug-likeness (QED) is 0.534. The third kappa shape index (κ3) is 5.57. The Hall–Kier alpha value is -2.35. The van der Waals surface area contributed by atoms with Crippen molar-refractivity contribution < 1.29 is 9.53 Å². The maximum absolute atomic E-state index is 11.5. The summed E-state index contributed by atoms with van der Waals surface area (Å²) in [4.78, 5) is 11.5. The topological polar surface area (TPSA) is 26.3 Å². The first-order chi connectivity index (χ1) is 10.8. The van der Waals surface area contributed by atoms with Gasteiger partial charge in [0.25, 0.3) is 0 Å². The zero-order chi connectivity index (χ0) is 15.6. The summed E-state index contributed by atoms with van der Waals surface area (Å²) in [5.74, 6) is -0.342. The van der Waals surface area contributed by atoms with Gasteiger partial charge < -0.3 is 4.74 Å². The molecular weight excluding hydrogens is 272 g/mol. The molecule has 2 aromatic rings. The Morgan fingerprint density at radius 1 is 0.909 bits per heavy atom. The first kappa shape index (κ1) is 16.0. The van der Waals surface area contributed by atoms with E-state index in [9.17, 15) is 4.79 Å². The number of rotatable bonds is 8. The van der Waals surface area contributed by atoms with Gasteiger partial charge in [-0.15, -0.1) is 0 Å². The highest BCUT2D eigenvalue weighted by atomic mass is 16.5. The lowest BCUT2D eigenvalue weighted by Crippen LogP contribution is -2.18. The van der Waals surface area contributed by atoms with Crippen LogP contribution in [-0.2, 0) is 22.4 Å². The van der Waals surface area contributed by atoms with E-state index in [1.54, 1.807) is 0 Å². The first-order valence-electron chi connectivity index (χ1n) is 7.69. The van der Waals surface area contributed by atoms with Crippen LogP contribution in [0.1, 0.15) is 24.0 Å². The minimum Gasteiger partial charge on any atom is -0.459 e. The smallest absolute Gasteiger partial charge is 0.330 e. The highest BCUT2D eigenvalue weighted by Gasteiger charge is 2.13. The average molecular weight is 294 g/mol. The SMILES string of the molecule is C=CC(=O)OC(CCc1ccccc1)CCc1ccccc1. The minimum absolute atomic E-state index is 0.0779. The minimum atomic E-state index is -0.342. The van der Waals surface area contributed by atoms with Crippen LogP contribution in [0.3, 0.4) is 0 Å². The van der Waals surface area contributed by atoms with Gasteiger partial charge in [-0.1, -0.05) is 67.2 Å². The lowest BCUT2D eigenvalue weighted by molar-refractivity contribution is -0.143. The van der Waals surface area contributed by atoms with E-state index in [1.807, 2.05) is 36.4 Å². The van der Waals surface area contributed by atoms with E-state index in [1.165, 1.54) is 17.2 Å². The van der Waals surface area contributed by atoms with E-state index in [4.69, 9.17) is 4.74 Å². The summed E-state index contributed by atoms with van der Waals surface area (Å²) >= 11 is 0. The van der Waals surface area contributed by atoms with Crippen molar-refractivity contribution in [3.8, 4) is 0 Å². The molecule has 0 amide bonds. The van der Waals surface area contributed by atoms with Gasteiger partial charge in [-0.05, 0) is 36.8 Å². The van der Waals surface area contributed by atoms with Crippen LogP contribution in [0.15, 0.2) is 73.3 Å². The molecule has 2 rings (SSSR count). The van der Waals surface area contributed by atoms with E-state index in [-0.39, 0.29) is 12.1 Å². The fourth-order valence-electron chi connectivity index (χ4n) is 2.42. The number of esters is 1. The van der Waals surface area contributed by atoms with Crippen molar-refractivity contribution in [1.82, 2.24) is 0 Å². The molecule has 114 valence electrons. The van der Waals surface area contributed by atoms with Crippen molar-refractivity contribution >= 4 is 5.97 Å². The van der Waals surface area contributed by atoms with E-state index in [2.05, 4.69) is 30.8 Å². The maximum Gasteiger partial charge on any atom is 0.330 e. The monoisotopic (exact) mass is 294 g/mol. The third-order valence-electron chi connectivity index (χ3n) is 3.65. The van der Waals surface area contributed by atoms with E-state index >= 15 is 0 Å². The number of carbonyl (C=O) groups excluding carboxylic acids is 1. The number of ether oxygens (including phenoxy) is 1. The van der Waals surface area contributed by atoms with Crippen LogP contribution in [0.2, 0.25) is 0 Å². The largest absolute Gasteiger partial charge is 0.459 e. The number of carbonyl (C=O) groups is 1. The lowest BCUT2D eigenvalue weighted by Gasteiger charge is -2.17. The Morgan fingerprint density at radius 2 is 1.36 bits per heavy atom. The molecule has 2 nitrogen and oxygen atoms in total. The Labute approximate surface area is 132 Å². The summed E-state index contributed by atoms with van der Waals surface area (Å²) in [7, 11) is 0. The van der Waals surface area contributed by atoms with E-state index in [0.29, 0.717) is 0 Å². The lowest BCUT2D eigenvalue weighted by atomic mass is 10.0. The highest BCUT2D eigenvalue weighted by molar-refractivity contribution is 5.81. The molecule has 0 radical (unpaired) electrons. The maximum atomic E-state index is 11.5. The molecule has 0 unspecified atom stereocenters. The molecule has 0 bridgehead atoms. The molecule has 2 aromatic carbocycles. The second-order valence-electron chi connectivity index (χ2n) is 5.31. The Kier molecular flexibility index (Phi) is 6.43. The Bertz CT molecular complexity index is 532. The molecule has 0 aliphatic carbocycles. The summed E-state index contributed by atoms with van der Waals surface area (Å²) < 4.78 is 5.49. The Morgan fingerprint density at radius 3 is 1.77 bits per heavy atom. The number of aryl methyl sites for hydroxylation is 2. The second kappa shape index (κ2) is 8.83. The standard InChI is InChI=1S/C20H22O2/c1-2-20(21)22-19(15-13-17-9-5-3-6-10-17)16-14-18-11-7-4-8-12-18/h2-12,19H,1,13-16H2. The molecule has 0 fully saturated rings. The molecule has 22 heavy (non-hydrogen) atoms. The van der Waals surface area contributed by atoms with Gasteiger partial charge in [0, 0.05) is 6.08 Å². The summed E-state index contributed by atoms with van der Waals surface area (Å²) in [5, 5.41) is 0. The molecule has 0 N–H and O–H groups in total. The second-order valence-corrected chi connectivity index (χ2v) is 5.31. The Balaban J connectivity index is 1.90. The van der Waals surface area contributed by atoms with Gasteiger partial charge in [-0.3, -0.25) is 0 Å². The van der Waals surface area contributed by atoms with Crippen molar-refractivity contribution in [3.05, 3.63) is 84.4 Å². The molecule has 0 aliphatic heterocycles. The van der Waals surface area contributed by atoms with Crippen LogP contribution in [0, 0.1) is 0 Å². The first-order valence-corrected chi connectivity index (χ1v) is 7.69. The van der Waals surface area contributed by atoms with Crippen LogP contribution in [-0.4, -0.2) is 12.1 Å². The third-order valence-corrected chi connectivity index (χ3v) is 3.65. The van der Waals surface area contributed by atoms with Gasteiger partial charge in [-0.25, -0.2) is 4.79 Å². The summed E-state index contributed by atoms with van der Waals surface area (Å²) in [6.07, 6.45) is 4.63. The molecule has 0 aliphatic rings. The van der Waals surface area contributed by atoms with Crippen LogP contribution in [0.4, 0.5) is 0 Å². The highest BCUT2D eigenvalue weighted by Crippen LogP contribution is 2.14. The van der Waals surface area contributed by atoms with Crippen molar-refractivity contribution in [2.75, 3.05) is 0 Å². The molecule has 2 heteroatoms. The molecule has 0 aromatic heterocycles. The van der Waals surface area contributed by atoms with Crippen molar-refractivity contribution in [1.29, 1.82) is 0 Å². The zero-order valence-electron chi connectivity index (χ0n) is 12.8. The summed E-state index contributed by atoms with van der Waals surface area (Å²) in [5.41, 5.74) is 2.53. The molecule has 0 spiro atoms. The van der Waals surface area contributed by atoms with Crippen LogP contribution < -0.4 is 0 Å². The molecule has 0 saturated heterocycles. The normalized spacial score (nSPS) is 10.4. The molecule has 0 atom stereocenters. The molecule has 0 heterocycles. The van der Waals surface area contributed by atoms with Gasteiger partial charge in [-0.2, -0.15) is 0 Å². The summed E-state index contributed by atoms with van der Waals surface area (Å²) in [6.45, 7) is 3.48. The van der Waals surface area contributed by atoms with Crippen molar-refractivity contribution in [2.45, 2.75) is 31.8 Å². The zero-order valence-corrected chi connectivity index (χ0v) is 12.8. The van der Waals surface area contributed by atoms with Gasteiger partial charge in [0.05, 0.1) is 0 Å². The van der Waals surface area contributed by atoms with Gasteiger partial charge in [0.2, 0.25) is 0 Å². The number of benzene rings is 2. The number of hydrogen-bond donors (Lipinski definition) is 0. The van der Waals surface area contributed by atoms with Crippen molar-refractivity contribution in [2.24, 2.45) is 0 Å². The fraction of sp³-hybridized carbons (Fsp3) is 0.250. The van der Waals surface area contributed by atoms with Gasteiger partial charge in [0.1, 0.15) is 6.10 Å². The summed E-state index contributed by atoms with van der Waals surface area (Å²) in [6, 6.07) is 20.5. The van der Waals surface area contributed by atoms with Gasteiger partial charge in [0.15, 0.2) is 0 Å². The molecule has 0 saturated carbocycles. The molecular formula is C20H22O2. The predicted molar refractivity (Wildman–Crippen MR) is 89.6 cm³/mol. The fourth-order valence-corrected chi connectivity index (χ4v) is 2.42. The van der Waals surface area contributed by atoms with E-state index < -0.39 is 0 Å². The average Bonchev–Trinajstić information content (AvgIpc) is 2.59. The van der Waals surface area contributed by atoms with Crippen molar-refractivity contribution in [3.63, 3.8) is 0 Å². The predicted octanol–water partition coefficient (Wildman–Crippen LogP) is 4.35. The van der Waals surface area contributed by atoms with E-state index in [0.717, 1.165) is 25.7 Å².